The number of halogens is 1. The first kappa shape index (κ1) is 15.9. The Morgan fingerprint density at radius 2 is 2.17 bits per heavy atom. The zero-order valence-corrected chi connectivity index (χ0v) is 12.9. The van der Waals surface area contributed by atoms with Crippen molar-refractivity contribution in [2.24, 2.45) is 0 Å². The van der Waals surface area contributed by atoms with Gasteiger partial charge in [-0.1, -0.05) is 12.1 Å². The minimum absolute atomic E-state index is 0.0623. The van der Waals surface area contributed by atoms with Crippen LogP contribution in [0.5, 0.6) is 0 Å². The summed E-state index contributed by atoms with van der Waals surface area (Å²) in [6.45, 7) is 1.36. The van der Waals surface area contributed by atoms with Crippen molar-refractivity contribution in [3.05, 3.63) is 46.5 Å². The molecule has 0 spiro atoms. The third-order valence-corrected chi connectivity index (χ3v) is 3.63. The van der Waals surface area contributed by atoms with Crippen LogP contribution in [0.4, 0.5) is 10.1 Å². The molecule has 2 amide bonds. The second-order valence-electron chi connectivity index (χ2n) is 5.47. The molecule has 0 aliphatic carbocycles. The van der Waals surface area contributed by atoms with E-state index in [1.165, 1.54) is 30.0 Å². The van der Waals surface area contributed by atoms with Gasteiger partial charge in [0.2, 0.25) is 17.7 Å². The van der Waals surface area contributed by atoms with Crippen LogP contribution in [-0.4, -0.2) is 34.2 Å². The summed E-state index contributed by atoms with van der Waals surface area (Å²) in [5.74, 6) is -1.81. The summed E-state index contributed by atoms with van der Waals surface area (Å²) in [6, 6.07) is 5.49. The maximum absolute atomic E-state index is 13.8. The summed E-state index contributed by atoms with van der Waals surface area (Å²) in [5, 5.41) is 6.41. The quantitative estimate of drug-likeness (QED) is 0.862. The first-order valence-electron chi connectivity index (χ1n) is 7.33. The van der Waals surface area contributed by atoms with Crippen LogP contribution >= 0.6 is 0 Å². The fraction of sp³-hybridized carbons (Fsp3) is 0.333. The SMILES string of the molecule is Cc1nn(CC(=O)NC2CC(=O)N(c3ccccc3F)C2)c(=O)o1. The lowest BCUT2D eigenvalue weighted by atomic mass is 10.2. The van der Waals surface area contributed by atoms with E-state index < -0.39 is 23.5 Å². The van der Waals surface area contributed by atoms with Gasteiger partial charge in [0.1, 0.15) is 12.4 Å². The highest BCUT2D eigenvalue weighted by atomic mass is 19.1. The second kappa shape index (κ2) is 6.26. The van der Waals surface area contributed by atoms with Crippen LogP contribution in [0.25, 0.3) is 0 Å². The van der Waals surface area contributed by atoms with E-state index in [4.69, 9.17) is 4.42 Å². The fourth-order valence-electron chi connectivity index (χ4n) is 2.63. The minimum atomic E-state index is -0.724. The topological polar surface area (TPSA) is 97.4 Å². The summed E-state index contributed by atoms with van der Waals surface area (Å²) < 4.78 is 19.4. The van der Waals surface area contributed by atoms with E-state index in [0.717, 1.165) is 4.68 Å². The van der Waals surface area contributed by atoms with Crippen molar-refractivity contribution in [1.29, 1.82) is 0 Å². The number of benzene rings is 1. The number of para-hydroxylation sites is 1. The summed E-state index contributed by atoms with van der Waals surface area (Å²) in [6.07, 6.45) is 0.0623. The van der Waals surface area contributed by atoms with Crippen molar-refractivity contribution in [2.75, 3.05) is 11.4 Å². The Hall–Kier alpha value is -2.97. The highest BCUT2D eigenvalue weighted by Gasteiger charge is 2.32. The lowest BCUT2D eigenvalue weighted by Gasteiger charge is -2.17. The predicted molar refractivity (Wildman–Crippen MR) is 80.8 cm³/mol. The molecule has 1 fully saturated rings. The van der Waals surface area contributed by atoms with Crippen molar-refractivity contribution >= 4 is 17.5 Å². The molecule has 2 aromatic rings. The molecular weight excluding hydrogens is 319 g/mol. The first-order chi connectivity index (χ1) is 11.4. The van der Waals surface area contributed by atoms with Gasteiger partial charge in [0.05, 0.1) is 11.7 Å². The molecule has 24 heavy (non-hydrogen) atoms. The van der Waals surface area contributed by atoms with Crippen molar-refractivity contribution < 1.29 is 18.4 Å². The Morgan fingerprint density at radius 1 is 1.42 bits per heavy atom. The molecule has 1 saturated heterocycles. The van der Waals surface area contributed by atoms with E-state index in [9.17, 15) is 18.8 Å². The Bertz CT molecular complexity index is 844. The molecule has 2 heterocycles. The summed E-state index contributed by atoms with van der Waals surface area (Å²) >= 11 is 0. The van der Waals surface area contributed by atoms with E-state index in [2.05, 4.69) is 10.4 Å². The molecule has 1 aliphatic rings. The van der Waals surface area contributed by atoms with Crippen LogP contribution in [0.2, 0.25) is 0 Å². The lowest BCUT2D eigenvalue weighted by Crippen LogP contribution is -2.40. The Kier molecular flexibility index (Phi) is 4.15. The molecule has 0 bridgehead atoms. The smallest absolute Gasteiger partial charge is 0.393 e. The molecule has 0 saturated carbocycles. The van der Waals surface area contributed by atoms with Gasteiger partial charge in [-0.2, -0.15) is 4.68 Å². The molecule has 1 aliphatic heterocycles. The Morgan fingerprint density at radius 3 is 2.83 bits per heavy atom. The highest BCUT2D eigenvalue weighted by Crippen LogP contribution is 2.24. The highest BCUT2D eigenvalue weighted by molar-refractivity contribution is 5.96. The standard InChI is InChI=1S/C15H15FN4O4/c1-9-18-20(15(23)24-9)8-13(21)17-10-6-14(22)19(7-10)12-5-3-2-4-11(12)16/h2-5,10H,6-8H2,1H3,(H,17,21). The average Bonchev–Trinajstić information content (AvgIpc) is 3.01. The second-order valence-corrected chi connectivity index (χ2v) is 5.47. The maximum Gasteiger partial charge on any atom is 0.437 e. The third kappa shape index (κ3) is 3.19. The summed E-state index contributed by atoms with van der Waals surface area (Å²) in [5.41, 5.74) is 0.183. The molecule has 1 atom stereocenters. The van der Waals surface area contributed by atoms with Crippen molar-refractivity contribution in [1.82, 2.24) is 15.1 Å². The number of nitrogens with zero attached hydrogens (tertiary/aromatic N) is 3. The fourth-order valence-corrected chi connectivity index (χ4v) is 2.63. The molecule has 1 N–H and O–H groups in total. The number of rotatable bonds is 4. The Labute approximate surface area is 135 Å². The van der Waals surface area contributed by atoms with Gasteiger partial charge in [-0.3, -0.25) is 9.59 Å². The van der Waals surface area contributed by atoms with E-state index in [0.29, 0.717) is 0 Å². The van der Waals surface area contributed by atoms with Crippen LogP contribution in [0.15, 0.2) is 33.5 Å². The van der Waals surface area contributed by atoms with E-state index in [1.54, 1.807) is 6.07 Å². The van der Waals surface area contributed by atoms with E-state index in [-0.39, 0.29) is 37.0 Å². The molecule has 9 heteroatoms. The first-order valence-corrected chi connectivity index (χ1v) is 7.33. The predicted octanol–water partition coefficient (Wildman–Crippen LogP) is 0.206. The van der Waals surface area contributed by atoms with Gasteiger partial charge in [-0.15, -0.1) is 5.10 Å². The van der Waals surface area contributed by atoms with Gasteiger partial charge in [-0.05, 0) is 12.1 Å². The monoisotopic (exact) mass is 334 g/mol. The molecular formula is C15H15FN4O4. The number of amides is 2. The normalized spacial score (nSPS) is 17.3. The largest absolute Gasteiger partial charge is 0.437 e. The summed E-state index contributed by atoms with van der Waals surface area (Å²) in [4.78, 5) is 36.7. The van der Waals surface area contributed by atoms with Crippen LogP contribution in [0, 0.1) is 12.7 Å². The van der Waals surface area contributed by atoms with Crippen LogP contribution in [0.1, 0.15) is 12.3 Å². The number of aromatic nitrogens is 2. The van der Waals surface area contributed by atoms with Crippen LogP contribution in [-0.2, 0) is 16.1 Å². The minimum Gasteiger partial charge on any atom is -0.393 e. The summed E-state index contributed by atoms with van der Waals surface area (Å²) in [7, 11) is 0. The number of carbonyl (C=O) groups is 2. The van der Waals surface area contributed by atoms with E-state index in [1.807, 2.05) is 0 Å². The van der Waals surface area contributed by atoms with Crippen molar-refractivity contribution in [2.45, 2.75) is 25.9 Å². The van der Waals surface area contributed by atoms with Gasteiger partial charge in [0, 0.05) is 19.9 Å². The van der Waals surface area contributed by atoms with Gasteiger partial charge in [0.25, 0.3) is 0 Å². The number of anilines is 1. The molecule has 1 unspecified atom stereocenters. The molecule has 1 aromatic carbocycles. The van der Waals surface area contributed by atoms with Crippen molar-refractivity contribution in [3.63, 3.8) is 0 Å². The van der Waals surface area contributed by atoms with Crippen LogP contribution in [0.3, 0.4) is 0 Å². The van der Waals surface area contributed by atoms with Crippen LogP contribution < -0.4 is 16.0 Å². The maximum atomic E-state index is 13.8. The zero-order valence-electron chi connectivity index (χ0n) is 12.9. The molecule has 8 nitrogen and oxygen atoms in total. The number of hydrogen-bond acceptors (Lipinski definition) is 5. The van der Waals surface area contributed by atoms with Crippen molar-refractivity contribution in [3.8, 4) is 0 Å². The molecule has 1 aromatic heterocycles. The van der Waals surface area contributed by atoms with Gasteiger partial charge >= 0.3 is 5.76 Å². The third-order valence-electron chi connectivity index (χ3n) is 3.63. The molecule has 3 rings (SSSR count). The van der Waals surface area contributed by atoms with Gasteiger partial charge in [-0.25, -0.2) is 9.18 Å². The van der Waals surface area contributed by atoms with Gasteiger partial charge < -0.3 is 14.6 Å². The average molecular weight is 334 g/mol. The Balaban J connectivity index is 1.64. The number of hydrogen-bond donors (Lipinski definition) is 1. The van der Waals surface area contributed by atoms with Gasteiger partial charge in [0.15, 0.2) is 0 Å². The molecule has 0 radical (unpaired) electrons. The lowest BCUT2D eigenvalue weighted by molar-refractivity contribution is -0.122. The number of carbonyl (C=O) groups excluding carboxylic acids is 2. The molecule has 126 valence electrons. The van der Waals surface area contributed by atoms with E-state index >= 15 is 0 Å². The number of aryl methyl sites for hydroxylation is 1. The zero-order chi connectivity index (χ0) is 17.3. The number of nitrogens with one attached hydrogen (secondary N) is 1.